The predicted octanol–water partition coefficient (Wildman–Crippen LogP) is 3.89. The molecule has 208 valence electrons. The van der Waals surface area contributed by atoms with Gasteiger partial charge >= 0.3 is 12.1 Å². The number of nitrogens with zero attached hydrogens (tertiary/aromatic N) is 3. The lowest BCUT2D eigenvalue weighted by atomic mass is 9.91. The molecule has 0 saturated carbocycles. The van der Waals surface area contributed by atoms with Crippen LogP contribution >= 0.6 is 0 Å². The van der Waals surface area contributed by atoms with Crippen LogP contribution in [0.25, 0.3) is 0 Å². The zero-order valence-electron chi connectivity index (χ0n) is 22.1. The second-order valence-electron chi connectivity index (χ2n) is 9.71. The molecule has 9 nitrogen and oxygen atoms in total. The summed E-state index contributed by atoms with van der Waals surface area (Å²) in [4.78, 5) is 46.5. The fourth-order valence-corrected chi connectivity index (χ4v) is 5.19. The molecular weight excluding hydrogens is 508 g/mol. The lowest BCUT2D eigenvalue weighted by Crippen LogP contribution is -2.55. The lowest BCUT2D eigenvalue weighted by Gasteiger charge is -2.37. The van der Waals surface area contributed by atoms with Crippen molar-refractivity contribution >= 4 is 17.8 Å². The first kappa shape index (κ1) is 28.3. The van der Waals surface area contributed by atoms with Gasteiger partial charge in [-0.15, -0.1) is 0 Å². The number of methoxy groups -OCH3 is 1. The van der Waals surface area contributed by atoms with E-state index >= 15 is 0 Å². The largest absolute Gasteiger partial charge is 0.378 e. The van der Waals surface area contributed by atoms with Gasteiger partial charge in [0.1, 0.15) is 0 Å². The summed E-state index contributed by atoms with van der Waals surface area (Å²) >= 11 is 0. The number of likely N-dealkylation sites (tertiary alicyclic amines) is 1. The summed E-state index contributed by atoms with van der Waals surface area (Å²) in [7, 11) is 1.39. The summed E-state index contributed by atoms with van der Waals surface area (Å²) < 4.78 is 32.9. The average Bonchev–Trinajstić information content (AvgIpc) is 2.93. The number of amides is 4. The molecule has 1 unspecified atom stereocenters. The van der Waals surface area contributed by atoms with Gasteiger partial charge in [0, 0.05) is 37.0 Å². The maximum absolute atomic E-state index is 14.2. The van der Waals surface area contributed by atoms with Gasteiger partial charge in [-0.2, -0.15) is 0 Å². The van der Waals surface area contributed by atoms with Crippen molar-refractivity contribution in [2.75, 3.05) is 39.9 Å². The molecule has 4 rings (SSSR count). The zero-order valence-corrected chi connectivity index (χ0v) is 22.1. The van der Waals surface area contributed by atoms with Crippen molar-refractivity contribution in [3.8, 4) is 0 Å². The van der Waals surface area contributed by atoms with Gasteiger partial charge in [0.2, 0.25) is 0 Å². The van der Waals surface area contributed by atoms with E-state index in [1.165, 1.54) is 20.1 Å². The molecule has 39 heavy (non-hydrogen) atoms. The second kappa shape index (κ2) is 12.9. The summed E-state index contributed by atoms with van der Waals surface area (Å²) in [6.07, 6.45) is 4.49. The molecule has 0 radical (unpaired) electrons. The van der Waals surface area contributed by atoms with E-state index in [9.17, 15) is 23.2 Å². The standard InChI is InChI=1S/C28H33F2N5O4/c1-18(36)25-24(17-39-2)33-28(38)35(26(25)20-7-8-21(29)22(30)16-20)27(37)32-12-5-13-34-14-9-19(10-15-34)23-6-3-4-11-31-23/h3-4,6-8,11,16,19,26H,5,9-10,12-15,17H2,1-2H3,(H,32,37)(H,33,38). The number of ether oxygens (including phenoxy) is 1. The minimum absolute atomic E-state index is 0.0633. The number of halogens is 2. The first-order valence-electron chi connectivity index (χ1n) is 13.0. The highest BCUT2D eigenvalue weighted by Gasteiger charge is 2.41. The van der Waals surface area contributed by atoms with Gasteiger partial charge in [0.05, 0.1) is 18.3 Å². The molecule has 3 heterocycles. The Balaban J connectivity index is 1.40. The van der Waals surface area contributed by atoms with Gasteiger partial charge in [-0.1, -0.05) is 12.1 Å². The molecule has 1 atom stereocenters. The van der Waals surface area contributed by atoms with E-state index in [1.54, 1.807) is 0 Å². The highest BCUT2D eigenvalue weighted by atomic mass is 19.2. The van der Waals surface area contributed by atoms with E-state index < -0.39 is 35.5 Å². The van der Waals surface area contributed by atoms with Gasteiger partial charge in [0.25, 0.3) is 0 Å². The maximum atomic E-state index is 14.2. The minimum atomic E-state index is -1.25. The molecule has 0 bridgehead atoms. The number of piperidine rings is 1. The number of urea groups is 2. The minimum Gasteiger partial charge on any atom is -0.378 e. The first-order chi connectivity index (χ1) is 18.8. The Bertz CT molecular complexity index is 1230. The van der Waals surface area contributed by atoms with Gasteiger partial charge in [-0.05, 0) is 75.6 Å². The Hall–Kier alpha value is -3.70. The number of hydrogen-bond donors (Lipinski definition) is 2. The number of rotatable bonds is 9. The Morgan fingerprint density at radius 1 is 1.15 bits per heavy atom. The third-order valence-electron chi connectivity index (χ3n) is 7.10. The number of carbonyl (C=O) groups excluding carboxylic acids is 3. The van der Waals surface area contributed by atoms with Gasteiger partial charge in [-0.3, -0.25) is 9.78 Å². The molecule has 2 aromatic rings. The molecule has 2 aliphatic heterocycles. The number of aromatic nitrogens is 1. The van der Waals surface area contributed by atoms with Crippen LogP contribution in [0.15, 0.2) is 53.9 Å². The van der Waals surface area contributed by atoms with Crippen molar-refractivity contribution in [3.05, 3.63) is 76.8 Å². The highest BCUT2D eigenvalue weighted by molar-refractivity contribution is 6.03. The fourth-order valence-electron chi connectivity index (χ4n) is 5.19. The normalized spacial score (nSPS) is 18.7. The number of pyridine rings is 1. The van der Waals surface area contributed by atoms with Crippen molar-refractivity contribution in [2.24, 2.45) is 0 Å². The topological polar surface area (TPSA) is 104 Å². The molecule has 0 spiro atoms. The molecule has 2 aliphatic rings. The summed E-state index contributed by atoms with van der Waals surface area (Å²) in [5.41, 5.74) is 1.44. The van der Waals surface area contributed by atoms with Crippen LogP contribution in [-0.4, -0.2) is 72.5 Å². The van der Waals surface area contributed by atoms with Crippen LogP contribution in [0.3, 0.4) is 0 Å². The Morgan fingerprint density at radius 2 is 1.92 bits per heavy atom. The van der Waals surface area contributed by atoms with Crippen LogP contribution in [0, 0.1) is 11.6 Å². The van der Waals surface area contributed by atoms with Crippen LogP contribution in [0.5, 0.6) is 0 Å². The van der Waals surface area contributed by atoms with Crippen LogP contribution < -0.4 is 10.6 Å². The molecule has 2 N–H and O–H groups in total. The van der Waals surface area contributed by atoms with Crippen LogP contribution in [0.4, 0.5) is 18.4 Å². The molecule has 1 aromatic heterocycles. The smallest absolute Gasteiger partial charge is 0.330 e. The van der Waals surface area contributed by atoms with Crippen LogP contribution in [0.1, 0.15) is 49.4 Å². The molecule has 4 amide bonds. The van der Waals surface area contributed by atoms with Crippen molar-refractivity contribution in [2.45, 2.75) is 38.1 Å². The summed E-state index contributed by atoms with van der Waals surface area (Å²) in [5.74, 6) is -2.23. The van der Waals surface area contributed by atoms with E-state index in [2.05, 4.69) is 26.6 Å². The molecule has 1 saturated heterocycles. The fraction of sp³-hybridized carbons (Fsp3) is 0.429. The highest BCUT2D eigenvalue weighted by Crippen LogP contribution is 2.35. The summed E-state index contributed by atoms with van der Waals surface area (Å²) in [6.45, 7) is 4.09. The van der Waals surface area contributed by atoms with E-state index in [1.807, 2.05) is 18.3 Å². The number of Topliss-reactive ketones (excluding diaryl/α,β-unsaturated/α-hetero) is 1. The van der Waals surface area contributed by atoms with Gasteiger partial charge in [0.15, 0.2) is 17.4 Å². The molecular formula is C28H33F2N5O4. The Labute approximate surface area is 226 Å². The van der Waals surface area contributed by atoms with Crippen LogP contribution in [0.2, 0.25) is 0 Å². The lowest BCUT2D eigenvalue weighted by molar-refractivity contribution is -0.114. The van der Waals surface area contributed by atoms with Crippen molar-refractivity contribution in [1.82, 2.24) is 25.4 Å². The number of imide groups is 1. The second-order valence-corrected chi connectivity index (χ2v) is 9.71. The maximum Gasteiger partial charge on any atom is 0.330 e. The van der Waals surface area contributed by atoms with E-state index in [0.29, 0.717) is 12.3 Å². The van der Waals surface area contributed by atoms with Crippen LogP contribution in [-0.2, 0) is 9.53 Å². The van der Waals surface area contributed by atoms with Crippen molar-refractivity contribution in [3.63, 3.8) is 0 Å². The molecule has 0 aliphatic carbocycles. The van der Waals surface area contributed by atoms with Gasteiger partial charge in [-0.25, -0.2) is 23.3 Å². The molecule has 11 heteroatoms. The van der Waals surface area contributed by atoms with E-state index in [-0.39, 0.29) is 30.0 Å². The third kappa shape index (κ3) is 6.66. The third-order valence-corrected chi connectivity index (χ3v) is 7.10. The number of benzene rings is 1. The van der Waals surface area contributed by atoms with Crippen molar-refractivity contribution < 1.29 is 27.9 Å². The zero-order chi connectivity index (χ0) is 27.9. The molecule has 1 fully saturated rings. The summed E-state index contributed by atoms with van der Waals surface area (Å²) in [6, 6.07) is 6.24. The number of hydrogen-bond acceptors (Lipinski definition) is 6. The number of nitrogens with one attached hydrogen (secondary N) is 2. The quantitative estimate of drug-likeness (QED) is 0.467. The van der Waals surface area contributed by atoms with Gasteiger partial charge < -0.3 is 20.3 Å². The Morgan fingerprint density at radius 3 is 2.56 bits per heavy atom. The number of carbonyl (C=O) groups is 3. The first-order valence-corrected chi connectivity index (χ1v) is 13.0. The predicted molar refractivity (Wildman–Crippen MR) is 140 cm³/mol. The summed E-state index contributed by atoms with van der Waals surface area (Å²) in [5, 5.41) is 5.29. The van der Waals surface area contributed by atoms with Crippen molar-refractivity contribution in [1.29, 1.82) is 0 Å². The monoisotopic (exact) mass is 541 g/mol. The van der Waals surface area contributed by atoms with E-state index in [4.69, 9.17) is 4.74 Å². The number of ketones is 1. The van der Waals surface area contributed by atoms with E-state index in [0.717, 1.165) is 55.2 Å². The SMILES string of the molecule is COCC1=C(C(C)=O)C(c2ccc(F)c(F)c2)N(C(=O)NCCCN2CCC(c3ccccn3)CC2)C(=O)N1. The average molecular weight is 542 g/mol. The molecule has 1 aromatic carbocycles. The Kier molecular flexibility index (Phi) is 9.36.